The maximum atomic E-state index is 5.80. The molecular weight excluding hydrogens is 248 g/mol. The number of nitrogens with one attached hydrogen (secondary N) is 1. The number of rotatable bonds is 3. The van der Waals surface area contributed by atoms with E-state index in [2.05, 4.69) is 39.6 Å². The van der Waals surface area contributed by atoms with Crippen molar-refractivity contribution in [1.82, 2.24) is 9.97 Å². The molecule has 0 aliphatic heterocycles. The van der Waals surface area contributed by atoms with Crippen LogP contribution in [0.3, 0.4) is 0 Å². The Morgan fingerprint density at radius 2 is 2.06 bits per heavy atom. The molecule has 2 unspecified atom stereocenters. The normalized spacial score (nSPS) is 21.6. The lowest BCUT2D eigenvalue weighted by molar-refractivity contribution is 1.02. The fourth-order valence-electron chi connectivity index (χ4n) is 2.08. The molecule has 1 fully saturated rings. The van der Waals surface area contributed by atoms with Gasteiger partial charge in [-0.3, -0.25) is 0 Å². The number of nitrogen functional groups attached to an aromatic ring is 1. The highest BCUT2D eigenvalue weighted by atomic mass is 35.5. The molecule has 3 N–H and O–H groups in total. The Bertz CT molecular complexity index is 558. The minimum Gasteiger partial charge on any atom is -0.394 e. The van der Waals surface area contributed by atoms with Crippen molar-refractivity contribution in [3.8, 4) is 0 Å². The van der Waals surface area contributed by atoms with Gasteiger partial charge in [-0.05, 0) is 23.6 Å². The summed E-state index contributed by atoms with van der Waals surface area (Å²) in [5.41, 5.74) is 7.67. The summed E-state index contributed by atoms with van der Waals surface area (Å²) in [4.78, 5) is 7.93. The number of aromatic nitrogens is 2. The highest BCUT2D eigenvalue weighted by molar-refractivity contribution is 6.28. The predicted octanol–water partition coefficient (Wildman–Crippen LogP) is 2.68. The summed E-state index contributed by atoms with van der Waals surface area (Å²) >= 11 is 5.76. The van der Waals surface area contributed by atoms with Crippen molar-refractivity contribution in [3.63, 3.8) is 0 Å². The van der Waals surface area contributed by atoms with Crippen LogP contribution in [0.5, 0.6) is 0 Å². The first kappa shape index (κ1) is 11.3. The number of nitrogens with zero attached hydrogens (tertiary/aromatic N) is 2. The van der Waals surface area contributed by atoms with Crippen molar-refractivity contribution in [3.05, 3.63) is 47.4 Å². The molecule has 3 rings (SSSR count). The number of hydrogen-bond acceptors (Lipinski definition) is 4. The van der Waals surface area contributed by atoms with Gasteiger partial charge in [0.1, 0.15) is 0 Å². The lowest BCUT2D eigenvalue weighted by Gasteiger charge is -2.07. The molecule has 0 saturated heterocycles. The van der Waals surface area contributed by atoms with Gasteiger partial charge in [0.25, 0.3) is 0 Å². The lowest BCUT2D eigenvalue weighted by Crippen LogP contribution is -2.09. The first-order valence-electron chi connectivity index (χ1n) is 5.83. The molecule has 1 saturated carbocycles. The maximum Gasteiger partial charge on any atom is 0.224 e. The number of hydrogen-bond donors (Lipinski definition) is 2. The molecule has 1 aromatic carbocycles. The molecular formula is C13H13ClN4. The van der Waals surface area contributed by atoms with Crippen molar-refractivity contribution < 1.29 is 0 Å². The predicted molar refractivity (Wildman–Crippen MR) is 72.7 cm³/mol. The highest BCUT2D eigenvalue weighted by Crippen LogP contribution is 2.43. The third-order valence-electron chi connectivity index (χ3n) is 3.13. The second kappa shape index (κ2) is 4.46. The van der Waals surface area contributed by atoms with Gasteiger partial charge in [0.05, 0.1) is 11.9 Å². The van der Waals surface area contributed by atoms with Crippen molar-refractivity contribution in [2.24, 2.45) is 0 Å². The quantitative estimate of drug-likeness (QED) is 0.833. The summed E-state index contributed by atoms with van der Waals surface area (Å²) in [7, 11) is 0. The summed E-state index contributed by atoms with van der Waals surface area (Å²) in [6.07, 6.45) is 2.61. The van der Waals surface area contributed by atoms with Crippen LogP contribution < -0.4 is 11.1 Å². The number of anilines is 2. The van der Waals surface area contributed by atoms with Gasteiger partial charge in [-0.2, -0.15) is 4.98 Å². The third kappa shape index (κ3) is 2.24. The summed E-state index contributed by atoms with van der Waals surface area (Å²) in [6.45, 7) is 0. The SMILES string of the molecule is Nc1cnc(Cl)nc1NC1CC1c1ccccc1. The molecule has 1 aliphatic carbocycles. The Balaban J connectivity index is 1.71. The second-order valence-electron chi connectivity index (χ2n) is 4.45. The largest absolute Gasteiger partial charge is 0.394 e. The van der Waals surface area contributed by atoms with Crippen LogP contribution in [0.1, 0.15) is 17.9 Å². The summed E-state index contributed by atoms with van der Waals surface area (Å²) < 4.78 is 0. The Morgan fingerprint density at radius 3 is 2.83 bits per heavy atom. The Labute approximate surface area is 110 Å². The average molecular weight is 261 g/mol. The number of halogens is 1. The van der Waals surface area contributed by atoms with E-state index < -0.39 is 0 Å². The van der Waals surface area contributed by atoms with E-state index in [0.29, 0.717) is 23.5 Å². The van der Waals surface area contributed by atoms with E-state index in [4.69, 9.17) is 17.3 Å². The topological polar surface area (TPSA) is 63.8 Å². The molecule has 4 nitrogen and oxygen atoms in total. The number of nitrogens with two attached hydrogens (primary N) is 1. The van der Waals surface area contributed by atoms with Crippen LogP contribution >= 0.6 is 11.6 Å². The molecule has 1 aromatic heterocycles. The zero-order valence-electron chi connectivity index (χ0n) is 9.68. The number of benzene rings is 1. The molecule has 0 amide bonds. The molecule has 0 bridgehead atoms. The van der Waals surface area contributed by atoms with Gasteiger partial charge in [0.2, 0.25) is 5.28 Å². The van der Waals surface area contributed by atoms with Crippen LogP contribution in [0, 0.1) is 0 Å². The summed E-state index contributed by atoms with van der Waals surface area (Å²) in [6, 6.07) is 10.8. The standard InChI is InChI=1S/C13H13ClN4/c14-13-16-7-10(15)12(18-13)17-11-6-9(11)8-4-2-1-3-5-8/h1-5,7,9,11H,6,15H2,(H,16,17,18). The zero-order chi connectivity index (χ0) is 12.5. The zero-order valence-corrected chi connectivity index (χ0v) is 10.4. The van der Waals surface area contributed by atoms with Crippen LogP contribution in [-0.4, -0.2) is 16.0 Å². The maximum absolute atomic E-state index is 5.80. The molecule has 1 heterocycles. The van der Waals surface area contributed by atoms with Crippen molar-refractivity contribution in [2.45, 2.75) is 18.4 Å². The van der Waals surface area contributed by atoms with Gasteiger partial charge in [-0.15, -0.1) is 0 Å². The van der Waals surface area contributed by atoms with Crippen molar-refractivity contribution in [2.75, 3.05) is 11.1 Å². The fraction of sp³-hybridized carbons (Fsp3) is 0.231. The second-order valence-corrected chi connectivity index (χ2v) is 4.78. The molecule has 2 aromatic rings. The van der Waals surface area contributed by atoms with Gasteiger partial charge in [-0.25, -0.2) is 4.98 Å². The van der Waals surface area contributed by atoms with E-state index >= 15 is 0 Å². The van der Waals surface area contributed by atoms with Crippen molar-refractivity contribution >= 4 is 23.1 Å². The molecule has 5 heteroatoms. The first-order chi connectivity index (χ1) is 8.74. The fourth-order valence-corrected chi connectivity index (χ4v) is 2.22. The molecule has 2 atom stereocenters. The Kier molecular flexibility index (Phi) is 2.80. The average Bonchev–Trinajstić information content (AvgIpc) is 3.14. The lowest BCUT2D eigenvalue weighted by atomic mass is 10.1. The monoisotopic (exact) mass is 260 g/mol. The van der Waals surface area contributed by atoms with E-state index in [-0.39, 0.29) is 5.28 Å². The van der Waals surface area contributed by atoms with Crippen molar-refractivity contribution in [1.29, 1.82) is 0 Å². The van der Waals surface area contributed by atoms with Crippen LogP contribution in [-0.2, 0) is 0 Å². The van der Waals surface area contributed by atoms with E-state index in [1.807, 2.05) is 6.07 Å². The Morgan fingerprint density at radius 1 is 1.28 bits per heavy atom. The van der Waals surface area contributed by atoms with E-state index in [0.717, 1.165) is 6.42 Å². The van der Waals surface area contributed by atoms with E-state index in [1.165, 1.54) is 11.8 Å². The van der Waals surface area contributed by atoms with Gasteiger partial charge < -0.3 is 11.1 Å². The molecule has 1 aliphatic rings. The summed E-state index contributed by atoms with van der Waals surface area (Å²) in [5.74, 6) is 1.15. The minimum atomic E-state index is 0.212. The molecule has 0 radical (unpaired) electrons. The molecule has 18 heavy (non-hydrogen) atoms. The minimum absolute atomic E-state index is 0.212. The smallest absolute Gasteiger partial charge is 0.224 e. The molecule has 92 valence electrons. The highest BCUT2D eigenvalue weighted by Gasteiger charge is 2.38. The van der Waals surface area contributed by atoms with Gasteiger partial charge in [-0.1, -0.05) is 30.3 Å². The van der Waals surface area contributed by atoms with Crippen LogP contribution in [0.25, 0.3) is 0 Å². The van der Waals surface area contributed by atoms with Crippen LogP contribution in [0.4, 0.5) is 11.5 Å². The first-order valence-corrected chi connectivity index (χ1v) is 6.21. The van der Waals surface area contributed by atoms with Gasteiger partial charge in [0.15, 0.2) is 5.82 Å². The molecule has 0 spiro atoms. The van der Waals surface area contributed by atoms with E-state index in [1.54, 1.807) is 0 Å². The van der Waals surface area contributed by atoms with Gasteiger partial charge >= 0.3 is 0 Å². The van der Waals surface area contributed by atoms with Crippen LogP contribution in [0.2, 0.25) is 5.28 Å². The van der Waals surface area contributed by atoms with Gasteiger partial charge in [0, 0.05) is 12.0 Å². The third-order valence-corrected chi connectivity index (χ3v) is 3.31. The Hall–Kier alpha value is -1.81. The van der Waals surface area contributed by atoms with Crippen LogP contribution in [0.15, 0.2) is 36.5 Å². The van der Waals surface area contributed by atoms with E-state index in [9.17, 15) is 0 Å². The summed E-state index contributed by atoms with van der Waals surface area (Å²) in [5, 5.41) is 3.52.